The molecule has 0 aromatic carbocycles. The number of hydrogen-bond donors (Lipinski definition) is 0. The zero-order valence-corrected chi connectivity index (χ0v) is 18.1. The predicted octanol–water partition coefficient (Wildman–Crippen LogP) is 8.65. The lowest BCUT2D eigenvalue weighted by molar-refractivity contribution is 0.208. The molecule has 0 radical (unpaired) electrons. The van der Waals surface area contributed by atoms with E-state index < -0.39 is 0 Å². The average Bonchev–Trinajstić information content (AvgIpc) is 2.72. The Hall–Kier alpha value is -0.780. The summed E-state index contributed by atoms with van der Waals surface area (Å²) >= 11 is 0. The maximum Gasteiger partial charge on any atom is -0.0116 e. The van der Waals surface area contributed by atoms with E-state index in [9.17, 15) is 0 Å². The molecule has 0 spiro atoms. The highest BCUT2D eigenvalue weighted by Gasteiger charge is 2.36. The van der Waals surface area contributed by atoms with E-state index in [2.05, 4.69) is 31.7 Å². The van der Waals surface area contributed by atoms with E-state index >= 15 is 0 Å². The van der Waals surface area contributed by atoms with E-state index in [0.717, 1.165) is 23.7 Å². The van der Waals surface area contributed by atoms with Crippen LogP contribution in [0.3, 0.4) is 0 Å². The van der Waals surface area contributed by atoms with Crippen molar-refractivity contribution in [3.8, 4) is 0 Å². The van der Waals surface area contributed by atoms with Crippen LogP contribution in [0.4, 0.5) is 0 Å². The molecular formula is C27H44. The summed E-state index contributed by atoms with van der Waals surface area (Å²) in [6.07, 6.45) is 28.2. The minimum atomic E-state index is 0.427. The number of hydrogen-bond acceptors (Lipinski definition) is 0. The minimum Gasteiger partial charge on any atom is -0.103 e. The van der Waals surface area contributed by atoms with E-state index in [4.69, 9.17) is 6.58 Å². The molecule has 0 heterocycles. The number of allylic oxidation sites excluding steroid dienone is 4. The van der Waals surface area contributed by atoms with Gasteiger partial charge < -0.3 is 0 Å². The monoisotopic (exact) mass is 368 g/mol. The fraction of sp³-hybridized carbons (Fsp3) is 0.778. The third kappa shape index (κ3) is 5.61. The van der Waals surface area contributed by atoms with Crippen molar-refractivity contribution in [2.24, 2.45) is 29.1 Å². The zero-order chi connectivity index (χ0) is 19.1. The third-order valence-electron chi connectivity index (χ3n) is 8.35. The quantitative estimate of drug-likeness (QED) is 0.394. The first-order chi connectivity index (χ1) is 13.1. The molecule has 0 N–H and O–H groups in total. The molecule has 0 amide bonds. The van der Waals surface area contributed by atoms with Gasteiger partial charge >= 0.3 is 0 Å². The van der Waals surface area contributed by atoms with Crippen molar-refractivity contribution in [1.82, 2.24) is 0 Å². The molecule has 27 heavy (non-hydrogen) atoms. The largest absolute Gasteiger partial charge is 0.103 e. The van der Waals surface area contributed by atoms with Gasteiger partial charge in [0.1, 0.15) is 0 Å². The average molecular weight is 369 g/mol. The van der Waals surface area contributed by atoms with Crippen LogP contribution in [0.15, 0.2) is 37.0 Å². The summed E-state index contributed by atoms with van der Waals surface area (Å²) in [5.74, 6) is 3.28. The normalized spacial score (nSPS) is 34.4. The fourth-order valence-corrected chi connectivity index (χ4v) is 6.24. The molecule has 2 unspecified atom stereocenters. The maximum absolute atomic E-state index is 4.70. The minimum absolute atomic E-state index is 0.427. The van der Waals surface area contributed by atoms with Gasteiger partial charge in [0.25, 0.3) is 0 Å². The van der Waals surface area contributed by atoms with Gasteiger partial charge in [-0.1, -0.05) is 69.4 Å². The van der Waals surface area contributed by atoms with E-state index in [1.165, 1.54) is 96.3 Å². The van der Waals surface area contributed by atoms with Gasteiger partial charge in [0.2, 0.25) is 0 Å². The van der Waals surface area contributed by atoms with Gasteiger partial charge in [-0.25, -0.2) is 0 Å². The standard InChI is InChI=1S/C27H44/c1-4-23-16-18-24(19-17-23)12-6-7-13-25-14-8-9-15-26(25)22(2)27(3)20-10-5-11-21-27/h4,7,13,23-26H,1-2,5-6,8-12,14-21H2,3H3/b13-7+. The Kier molecular flexibility index (Phi) is 7.86. The second kappa shape index (κ2) is 10.1. The Morgan fingerprint density at radius 3 is 2.33 bits per heavy atom. The summed E-state index contributed by atoms with van der Waals surface area (Å²) in [6.45, 7) is 11.2. The lowest BCUT2D eigenvalue weighted by Gasteiger charge is -2.43. The maximum atomic E-state index is 4.70. The van der Waals surface area contributed by atoms with Crippen molar-refractivity contribution in [3.63, 3.8) is 0 Å². The Bertz CT molecular complexity index is 496. The highest BCUT2D eigenvalue weighted by molar-refractivity contribution is 5.17. The van der Waals surface area contributed by atoms with E-state index in [0.29, 0.717) is 5.41 Å². The molecule has 3 aliphatic carbocycles. The van der Waals surface area contributed by atoms with Gasteiger partial charge in [0, 0.05) is 0 Å². The predicted molar refractivity (Wildman–Crippen MR) is 120 cm³/mol. The van der Waals surface area contributed by atoms with Gasteiger partial charge in [0.05, 0.1) is 0 Å². The Labute approximate surface area is 169 Å². The van der Waals surface area contributed by atoms with Crippen molar-refractivity contribution in [2.75, 3.05) is 0 Å². The van der Waals surface area contributed by atoms with Crippen LogP contribution >= 0.6 is 0 Å². The lowest BCUT2D eigenvalue weighted by Crippen LogP contribution is -2.31. The lowest BCUT2D eigenvalue weighted by atomic mass is 9.62. The van der Waals surface area contributed by atoms with Crippen molar-refractivity contribution in [3.05, 3.63) is 37.0 Å². The van der Waals surface area contributed by atoms with Crippen LogP contribution in [0.25, 0.3) is 0 Å². The summed E-state index contributed by atoms with van der Waals surface area (Å²) in [4.78, 5) is 0. The van der Waals surface area contributed by atoms with E-state index in [-0.39, 0.29) is 0 Å². The second-order valence-corrected chi connectivity index (χ2v) is 10.2. The van der Waals surface area contributed by atoms with Gasteiger partial charge in [-0.3, -0.25) is 0 Å². The molecule has 0 heteroatoms. The summed E-state index contributed by atoms with van der Waals surface area (Å²) in [5.41, 5.74) is 2.04. The van der Waals surface area contributed by atoms with Gasteiger partial charge in [-0.2, -0.15) is 0 Å². The second-order valence-electron chi connectivity index (χ2n) is 10.2. The van der Waals surface area contributed by atoms with Gasteiger partial charge in [-0.05, 0) is 93.3 Å². The first kappa shape index (κ1) is 20.9. The highest BCUT2D eigenvalue weighted by Crippen LogP contribution is 2.49. The van der Waals surface area contributed by atoms with Crippen LogP contribution in [0.1, 0.15) is 103 Å². The fourth-order valence-electron chi connectivity index (χ4n) is 6.24. The zero-order valence-electron chi connectivity index (χ0n) is 18.1. The Balaban J connectivity index is 1.49. The molecule has 152 valence electrons. The first-order valence-electron chi connectivity index (χ1n) is 12.1. The van der Waals surface area contributed by atoms with Crippen molar-refractivity contribution < 1.29 is 0 Å². The summed E-state index contributed by atoms with van der Waals surface area (Å²) in [6, 6.07) is 0. The molecule has 0 aliphatic heterocycles. The summed E-state index contributed by atoms with van der Waals surface area (Å²) in [7, 11) is 0. The van der Waals surface area contributed by atoms with Crippen LogP contribution in [0.2, 0.25) is 0 Å². The Morgan fingerprint density at radius 1 is 0.926 bits per heavy atom. The van der Waals surface area contributed by atoms with Crippen LogP contribution < -0.4 is 0 Å². The summed E-state index contributed by atoms with van der Waals surface area (Å²) < 4.78 is 0. The molecule has 3 rings (SSSR count). The van der Waals surface area contributed by atoms with Gasteiger partial charge in [-0.15, -0.1) is 6.58 Å². The molecule has 0 bridgehead atoms. The molecule has 0 saturated heterocycles. The smallest absolute Gasteiger partial charge is 0.0116 e. The molecule has 2 atom stereocenters. The SMILES string of the molecule is C=CC1CCC(CC/C=C/C2CCCCC2C(=C)C2(C)CCCCC2)CC1. The van der Waals surface area contributed by atoms with Crippen molar-refractivity contribution in [1.29, 1.82) is 0 Å². The molecule has 0 nitrogen and oxygen atoms in total. The Morgan fingerprint density at radius 2 is 1.63 bits per heavy atom. The van der Waals surface area contributed by atoms with Crippen LogP contribution in [0.5, 0.6) is 0 Å². The molecular weight excluding hydrogens is 324 g/mol. The highest BCUT2D eigenvalue weighted by atomic mass is 14.4. The van der Waals surface area contributed by atoms with Crippen LogP contribution in [-0.4, -0.2) is 0 Å². The molecule has 3 aliphatic rings. The molecule has 3 saturated carbocycles. The van der Waals surface area contributed by atoms with Crippen molar-refractivity contribution >= 4 is 0 Å². The van der Waals surface area contributed by atoms with Crippen molar-refractivity contribution in [2.45, 2.75) is 103 Å². The van der Waals surface area contributed by atoms with E-state index in [1.54, 1.807) is 5.57 Å². The third-order valence-corrected chi connectivity index (χ3v) is 8.35. The molecule has 3 fully saturated rings. The van der Waals surface area contributed by atoms with Gasteiger partial charge in [0.15, 0.2) is 0 Å². The first-order valence-corrected chi connectivity index (χ1v) is 12.1. The molecule has 0 aromatic heterocycles. The van der Waals surface area contributed by atoms with Crippen LogP contribution in [-0.2, 0) is 0 Å². The van der Waals surface area contributed by atoms with E-state index in [1.807, 2.05) is 0 Å². The number of rotatable bonds is 7. The van der Waals surface area contributed by atoms with Crippen LogP contribution in [0, 0.1) is 29.1 Å². The summed E-state index contributed by atoms with van der Waals surface area (Å²) in [5, 5.41) is 0. The molecule has 0 aromatic rings. The topological polar surface area (TPSA) is 0 Å².